The average Bonchev–Trinajstić information content (AvgIpc) is 2.48. The lowest BCUT2D eigenvalue weighted by atomic mass is 9.82. The topological polar surface area (TPSA) is 32.3 Å². The van der Waals surface area contributed by atoms with Crippen molar-refractivity contribution in [1.29, 1.82) is 0 Å². The maximum Gasteiger partial charge on any atom is 0.225 e. The van der Waals surface area contributed by atoms with Crippen LogP contribution in [-0.2, 0) is 4.79 Å². The molecule has 1 saturated heterocycles. The van der Waals surface area contributed by atoms with Crippen LogP contribution >= 0.6 is 12.4 Å². The van der Waals surface area contributed by atoms with Crippen molar-refractivity contribution in [3.63, 3.8) is 0 Å². The predicted molar refractivity (Wildman–Crippen MR) is 90.8 cm³/mol. The minimum absolute atomic E-state index is 0. The zero-order valence-electron chi connectivity index (χ0n) is 13.8. The second-order valence-corrected chi connectivity index (χ2v) is 6.99. The summed E-state index contributed by atoms with van der Waals surface area (Å²) in [5.41, 5.74) is 0. The van der Waals surface area contributed by atoms with E-state index >= 15 is 0 Å². The van der Waals surface area contributed by atoms with Gasteiger partial charge in [0.05, 0.1) is 0 Å². The number of hydrogen-bond acceptors (Lipinski definition) is 2. The highest BCUT2D eigenvalue weighted by Crippen LogP contribution is 2.30. The molecule has 2 aliphatic rings. The van der Waals surface area contributed by atoms with Crippen LogP contribution in [0.1, 0.15) is 58.3 Å². The van der Waals surface area contributed by atoms with E-state index < -0.39 is 0 Å². The zero-order chi connectivity index (χ0) is 14.4. The summed E-state index contributed by atoms with van der Waals surface area (Å²) in [6.07, 6.45) is 10.4. The summed E-state index contributed by atoms with van der Waals surface area (Å²) in [5.74, 6) is 2.10. The van der Waals surface area contributed by atoms with Crippen LogP contribution in [0.4, 0.5) is 0 Å². The molecule has 2 rings (SSSR count). The van der Waals surface area contributed by atoms with Crippen molar-refractivity contribution >= 4 is 18.3 Å². The molecule has 1 aliphatic heterocycles. The highest BCUT2D eigenvalue weighted by molar-refractivity contribution is 5.85. The Kier molecular flexibility index (Phi) is 8.65. The first-order chi connectivity index (χ1) is 9.70. The molecule has 2 unspecified atom stereocenters. The van der Waals surface area contributed by atoms with E-state index in [2.05, 4.69) is 17.1 Å². The van der Waals surface area contributed by atoms with Gasteiger partial charge in [-0.2, -0.15) is 0 Å². The van der Waals surface area contributed by atoms with Crippen LogP contribution in [0, 0.1) is 17.8 Å². The Morgan fingerprint density at radius 3 is 2.48 bits per heavy atom. The number of carbonyl (C=O) groups is 1. The number of nitrogens with one attached hydrogen (secondary N) is 1. The van der Waals surface area contributed by atoms with E-state index in [1.807, 2.05) is 7.05 Å². The van der Waals surface area contributed by atoms with Gasteiger partial charge in [0.15, 0.2) is 0 Å². The van der Waals surface area contributed by atoms with Crippen LogP contribution in [0.3, 0.4) is 0 Å². The smallest absolute Gasteiger partial charge is 0.225 e. The summed E-state index contributed by atoms with van der Waals surface area (Å²) in [7, 11) is 2.01. The van der Waals surface area contributed by atoms with Gasteiger partial charge < -0.3 is 10.2 Å². The number of likely N-dealkylation sites (tertiary alicyclic amines) is 1. The Morgan fingerprint density at radius 1 is 1.14 bits per heavy atom. The van der Waals surface area contributed by atoms with Gasteiger partial charge in [-0.05, 0) is 44.7 Å². The Balaban J connectivity index is 0.00000220. The van der Waals surface area contributed by atoms with Gasteiger partial charge >= 0.3 is 0 Å². The molecule has 2 fully saturated rings. The minimum atomic E-state index is 0. The van der Waals surface area contributed by atoms with E-state index in [9.17, 15) is 4.79 Å². The maximum absolute atomic E-state index is 12.6. The number of halogens is 1. The molecule has 3 nitrogen and oxygen atoms in total. The molecule has 1 saturated carbocycles. The van der Waals surface area contributed by atoms with Crippen molar-refractivity contribution in [1.82, 2.24) is 10.2 Å². The molecule has 0 aromatic rings. The van der Waals surface area contributed by atoms with Crippen LogP contribution in [-0.4, -0.2) is 37.5 Å². The lowest BCUT2D eigenvalue weighted by molar-refractivity contribution is -0.137. The monoisotopic (exact) mass is 316 g/mol. The van der Waals surface area contributed by atoms with E-state index in [0.717, 1.165) is 32.0 Å². The van der Waals surface area contributed by atoms with Gasteiger partial charge in [0, 0.05) is 19.0 Å². The molecule has 0 spiro atoms. The predicted octanol–water partition coefficient (Wildman–Crippen LogP) is 3.47. The molecule has 0 aromatic heterocycles. The van der Waals surface area contributed by atoms with E-state index in [1.165, 1.54) is 44.9 Å². The van der Waals surface area contributed by atoms with E-state index in [0.29, 0.717) is 11.8 Å². The van der Waals surface area contributed by atoms with Crippen molar-refractivity contribution in [2.75, 3.05) is 26.7 Å². The molecule has 21 heavy (non-hydrogen) atoms. The van der Waals surface area contributed by atoms with Gasteiger partial charge in [0.1, 0.15) is 0 Å². The fourth-order valence-electron chi connectivity index (χ4n) is 4.06. The molecular formula is C17H33ClN2O. The van der Waals surface area contributed by atoms with Crippen molar-refractivity contribution in [3.05, 3.63) is 0 Å². The van der Waals surface area contributed by atoms with Crippen molar-refractivity contribution in [2.45, 2.75) is 58.3 Å². The number of piperidine rings is 1. The molecule has 0 bridgehead atoms. The Bertz CT molecular complexity index is 303. The Hall–Kier alpha value is -0.280. The number of rotatable bonds is 5. The number of nitrogens with zero attached hydrogens (tertiary/aromatic N) is 1. The fourth-order valence-corrected chi connectivity index (χ4v) is 4.06. The molecule has 0 aromatic carbocycles. The van der Waals surface area contributed by atoms with Gasteiger partial charge in [0.25, 0.3) is 0 Å². The van der Waals surface area contributed by atoms with E-state index in [-0.39, 0.29) is 18.3 Å². The summed E-state index contributed by atoms with van der Waals surface area (Å²) in [6.45, 7) is 5.14. The summed E-state index contributed by atoms with van der Waals surface area (Å²) >= 11 is 0. The second kappa shape index (κ2) is 9.68. The molecule has 4 heteroatoms. The van der Waals surface area contributed by atoms with Crippen LogP contribution in [0.15, 0.2) is 0 Å². The summed E-state index contributed by atoms with van der Waals surface area (Å²) in [4.78, 5) is 14.8. The summed E-state index contributed by atoms with van der Waals surface area (Å²) in [6, 6.07) is 0. The SMILES string of the molecule is CNCC1CCCN(C(=O)C(C)CC2CCCCC2)C1.Cl. The first-order valence-corrected chi connectivity index (χ1v) is 8.64. The maximum atomic E-state index is 12.6. The highest BCUT2D eigenvalue weighted by Gasteiger charge is 2.28. The van der Waals surface area contributed by atoms with Crippen LogP contribution < -0.4 is 5.32 Å². The quantitative estimate of drug-likeness (QED) is 0.842. The Labute approximate surface area is 136 Å². The van der Waals surface area contributed by atoms with Gasteiger partial charge in [-0.1, -0.05) is 39.0 Å². The first kappa shape index (κ1) is 18.8. The molecule has 1 amide bonds. The lowest BCUT2D eigenvalue weighted by Gasteiger charge is -2.35. The minimum Gasteiger partial charge on any atom is -0.342 e. The number of amides is 1. The van der Waals surface area contributed by atoms with Crippen LogP contribution in [0.2, 0.25) is 0 Å². The Morgan fingerprint density at radius 2 is 1.81 bits per heavy atom. The fraction of sp³-hybridized carbons (Fsp3) is 0.941. The molecular weight excluding hydrogens is 284 g/mol. The molecule has 1 N–H and O–H groups in total. The third kappa shape index (κ3) is 5.78. The summed E-state index contributed by atoms with van der Waals surface area (Å²) in [5, 5.41) is 3.25. The van der Waals surface area contributed by atoms with Crippen LogP contribution in [0.5, 0.6) is 0 Å². The standard InChI is InChI=1S/C17H32N2O.ClH/c1-14(11-15-7-4-3-5-8-15)17(20)19-10-6-9-16(13-19)12-18-2;/h14-16,18H,3-13H2,1-2H3;1H. The van der Waals surface area contributed by atoms with Crippen molar-refractivity contribution in [2.24, 2.45) is 17.8 Å². The number of carbonyl (C=O) groups excluding carboxylic acids is 1. The van der Waals surface area contributed by atoms with Gasteiger partial charge in [-0.25, -0.2) is 0 Å². The van der Waals surface area contributed by atoms with E-state index in [4.69, 9.17) is 0 Å². The normalized spacial score (nSPS) is 25.2. The third-order valence-corrected chi connectivity index (χ3v) is 5.16. The molecule has 2 atom stereocenters. The molecule has 1 aliphatic carbocycles. The van der Waals surface area contributed by atoms with Crippen LogP contribution in [0.25, 0.3) is 0 Å². The van der Waals surface area contributed by atoms with Gasteiger partial charge in [-0.15, -0.1) is 12.4 Å². The third-order valence-electron chi connectivity index (χ3n) is 5.16. The lowest BCUT2D eigenvalue weighted by Crippen LogP contribution is -2.44. The molecule has 0 radical (unpaired) electrons. The number of hydrogen-bond donors (Lipinski definition) is 1. The molecule has 124 valence electrons. The highest BCUT2D eigenvalue weighted by atomic mass is 35.5. The summed E-state index contributed by atoms with van der Waals surface area (Å²) < 4.78 is 0. The first-order valence-electron chi connectivity index (χ1n) is 8.64. The second-order valence-electron chi connectivity index (χ2n) is 6.99. The largest absolute Gasteiger partial charge is 0.342 e. The van der Waals surface area contributed by atoms with Gasteiger partial charge in [0.2, 0.25) is 5.91 Å². The van der Waals surface area contributed by atoms with E-state index in [1.54, 1.807) is 0 Å². The van der Waals surface area contributed by atoms with Crippen molar-refractivity contribution in [3.8, 4) is 0 Å². The van der Waals surface area contributed by atoms with Crippen molar-refractivity contribution < 1.29 is 4.79 Å². The molecule has 1 heterocycles. The van der Waals surface area contributed by atoms with Gasteiger partial charge in [-0.3, -0.25) is 4.79 Å². The zero-order valence-corrected chi connectivity index (χ0v) is 14.6. The average molecular weight is 317 g/mol.